The minimum Gasteiger partial charge on any atom is -0.478 e. The van der Waals surface area contributed by atoms with Crippen molar-refractivity contribution >= 4 is 5.91 Å². The molecule has 0 N–H and O–H groups in total. The molecular weight excluding hydrogens is 290 g/mol. The molecule has 4 atom stereocenters. The predicted octanol–water partition coefficient (Wildman–Crippen LogP) is 2.73. The normalized spacial score (nSPS) is 32.4. The maximum atomic E-state index is 12.6. The summed E-state index contributed by atoms with van der Waals surface area (Å²) >= 11 is 0. The van der Waals surface area contributed by atoms with Crippen molar-refractivity contribution in [1.29, 1.82) is 0 Å². The van der Waals surface area contributed by atoms with Gasteiger partial charge in [0.25, 0.3) is 5.91 Å². The van der Waals surface area contributed by atoms with E-state index >= 15 is 0 Å². The third-order valence-corrected chi connectivity index (χ3v) is 4.57. The Balaban J connectivity index is 1.94. The molecule has 4 heteroatoms. The number of para-hydroxylation sites is 1. The van der Waals surface area contributed by atoms with E-state index in [2.05, 4.69) is 19.7 Å². The summed E-state index contributed by atoms with van der Waals surface area (Å²) in [5, 5.41) is 0. The summed E-state index contributed by atoms with van der Waals surface area (Å²) in [6.45, 7) is 11.9. The molecule has 2 aliphatic heterocycles. The Morgan fingerprint density at radius 1 is 1.26 bits per heavy atom. The van der Waals surface area contributed by atoms with Crippen LogP contribution >= 0.6 is 0 Å². The molecule has 4 nitrogen and oxygen atoms in total. The molecule has 1 amide bonds. The molecule has 0 aromatic heterocycles. The summed E-state index contributed by atoms with van der Waals surface area (Å²) in [4.78, 5) is 14.4. The number of carbonyl (C=O) groups is 1. The third kappa shape index (κ3) is 2.30. The lowest BCUT2D eigenvalue weighted by atomic mass is 9.73. The molecule has 3 rings (SSSR count). The van der Waals surface area contributed by atoms with E-state index in [4.69, 9.17) is 9.47 Å². The fraction of sp³-hybridized carbons (Fsp3) is 0.316. The Bertz CT molecular complexity index is 627. The lowest BCUT2D eigenvalue weighted by Gasteiger charge is -2.56. The van der Waals surface area contributed by atoms with Crippen LogP contribution in [0.2, 0.25) is 0 Å². The molecule has 0 unspecified atom stereocenters. The van der Waals surface area contributed by atoms with Gasteiger partial charge in [-0.15, -0.1) is 19.7 Å². The highest BCUT2D eigenvalue weighted by atomic mass is 16.5. The van der Waals surface area contributed by atoms with Crippen LogP contribution < -0.4 is 4.74 Å². The van der Waals surface area contributed by atoms with E-state index in [1.165, 1.54) is 0 Å². The monoisotopic (exact) mass is 311 g/mol. The molecule has 2 aliphatic rings. The van der Waals surface area contributed by atoms with Crippen molar-refractivity contribution in [2.75, 3.05) is 6.54 Å². The fourth-order valence-corrected chi connectivity index (χ4v) is 3.52. The van der Waals surface area contributed by atoms with E-state index in [9.17, 15) is 4.79 Å². The van der Waals surface area contributed by atoms with E-state index in [0.29, 0.717) is 18.7 Å². The average molecular weight is 311 g/mol. The van der Waals surface area contributed by atoms with Crippen molar-refractivity contribution in [2.45, 2.75) is 30.3 Å². The van der Waals surface area contributed by atoms with Crippen molar-refractivity contribution in [1.82, 2.24) is 4.90 Å². The van der Waals surface area contributed by atoms with Gasteiger partial charge in [0.2, 0.25) is 6.10 Å². The molecule has 1 spiro atoms. The number of nitrogens with zero attached hydrogens (tertiary/aromatic N) is 1. The Morgan fingerprint density at radius 3 is 2.61 bits per heavy atom. The summed E-state index contributed by atoms with van der Waals surface area (Å²) in [5.74, 6) is 0.627. The number of β-lactam (4-membered cyclic amide) rings is 1. The van der Waals surface area contributed by atoms with Crippen molar-refractivity contribution in [3.05, 3.63) is 68.3 Å². The van der Waals surface area contributed by atoms with Crippen molar-refractivity contribution < 1.29 is 14.3 Å². The van der Waals surface area contributed by atoms with Crippen LogP contribution in [0.25, 0.3) is 0 Å². The van der Waals surface area contributed by atoms with Crippen LogP contribution in [0, 0.1) is 0 Å². The first-order valence-corrected chi connectivity index (χ1v) is 7.72. The first-order chi connectivity index (χ1) is 11.2. The van der Waals surface area contributed by atoms with Gasteiger partial charge in [-0.2, -0.15) is 0 Å². The van der Waals surface area contributed by atoms with Gasteiger partial charge in [0.05, 0.1) is 6.10 Å². The molecule has 23 heavy (non-hydrogen) atoms. The molecule has 2 fully saturated rings. The second-order valence-corrected chi connectivity index (χ2v) is 5.81. The van der Waals surface area contributed by atoms with Crippen LogP contribution in [-0.4, -0.2) is 41.2 Å². The van der Waals surface area contributed by atoms with Gasteiger partial charge in [0.15, 0.2) is 0 Å². The number of rotatable bonds is 6. The topological polar surface area (TPSA) is 38.8 Å². The Hall–Kier alpha value is -2.33. The van der Waals surface area contributed by atoms with Crippen molar-refractivity contribution in [3.8, 4) is 5.75 Å². The number of benzene rings is 1. The minimum absolute atomic E-state index is 0.0473. The van der Waals surface area contributed by atoms with Crippen LogP contribution in [0.3, 0.4) is 0 Å². The molecule has 1 aromatic carbocycles. The molecule has 0 bridgehead atoms. The van der Waals surface area contributed by atoms with Crippen LogP contribution in [-0.2, 0) is 9.53 Å². The first-order valence-electron chi connectivity index (χ1n) is 7.72. The van der Waals surface area contributed by atoms with E-state index in [1.807, 2.05) is 30.3 Å². The van der Waals surface area contributed by atoms with Crippen LogP contribution in [0.15, 0.2) is 68.3 Å². The Labute approximate surface area is 136 Å². The van der Waals surface area contributed by atoms with Crippen LogP contribution in [0.4, 0.5) is 0 Å². The van der Waals surface area contributed by atoms with E-state index < -0.39 is 11.6 Å². The summed E-state index contributed by atoms with van der Waals surface area (Å²) < 4.78 is 12.0. The van der Waals surface area contributed by atoms with Gasteiger partial charge in [-0.05, 0) is 12.1 Å². The molecular formula is C19H21NO3. The number of likely N-dealkylation sites (tertiary alicyclic amines) is 1. The summed E-state index contributed by atoms with van der Waals surface area (Å²) in [6, 6.07) is 9.38. The molecule has 1 aromatic rings. The average Bonchev–Trinajstić information content (AvgIpc) is 2.99. The maximum Gasteiger partial charge on any atom is 0.267 e. The summed E-state index contributed by atoms with van der Waals surface area (Å²) in [7, 11) is 0. The largest absolute Gasteiger partial charge is 0.478 e. The number of ether oxygens (including phenoxy) is 2. The van der Waals surface area contributed by atoms with Gasteiger partial charge in [0.1, 0.15) is 17.4 Å². The van der Waals surface area contributed by atoms with Crippen LogP contribution in [0.5, 0.6) is 5.75 Å². The number of hydrogen-bond donors (Lipinski definition) is 0. The zero-order chi connectivity index (χ0) is 16.4. The zero-order valence-corrected chi connectivity index (χ0v) is 13.1. The van der Waals surface area contributed by atoms with Crippen molar-refractivity contribution in [3.63, 3.8) is 0 Å². The standard InChI is InChI=1S/C19H21NO3/c1-4-12-20-18(21)17(23-15-10-8-7-9-11-15)19(20)13-14(5-2)22-16(19)6-3/h4-11,14,16-17H,1-3,12-13H2/t14-,16+,17-,19-/m0/s1. The Kier molecular flexibility index (Phi) is 4.09. The quantitative estimate of drug-likeness (QED) is 0.599. The van der Waals surface area contributed by atoms with E-state index in [0.717, 1.165) is 0 Å². The number of carbonyl (C=O) groups excluding carboxylic acids is 1. The maximum absolute atomic E-state index is 12.6. The lowest BCUT2D eigenvalue weighted by molar-refractivity contribution is -0.184. The third-order valence-electron chi connectivity index (χ3n) is 4.57. The van der Waals surface area contributed by atoms with Crippen LogP contribution in [0.1, 0.15) is 6.42 Å². The molecule has 0 aliphatic carbocycles. The van der Waals surface area contributed by atoms with Gasteiger partial charge < -0.3 is 14.4 Å². The minimum atomic E-state index is -0.585. The van der Waals surface area contributed by atoms with Gasteiger partial charge in [-0.25, -0.2) is 0 Å². The number of amides is 1. The molecule has 0 radical (unpaired) electrons. The van der Waals surface area contributed by atoms with Crippen molar-refractivity contribution in [2.24, 2.45) is 0 Å². The smallest absolute Gasteiger partial charge is 0.267 e. The molecule has 2 heterocycles. The first kappa shape index (κ1) is 15.6. The van der Waals surface area contributed by atoms with Gasteiger partial charge in [-0.1, -0.05) is 36.4 Å². The molecule has 120 valence electrons. The van der Waals surface area contributed by atoms with Gasteiger partial charge >= 0.3 is 0 Å². The fourth-order valence-electron chi connectivity index (χ4n) is 3.52. The highest BCUT2D eigenvalue weighted by Gasteiger charge is 2.68. The molecule has 0 saturated carbocycles. The SMILES string of the molecule is C=CCN1C(=O)[C@H](Oc2ccccc2)[C@@]12C[C@H](C=C)O[C@@H]2C=C. The summed E-state index contributed by atoms with van der Waals surface area (Å²) in [5.41, 5.74) is -0.554. The second kappa shape index (κ2) is 6.05. The zero-order valence-electron chi connectivity index (χ0n) is 13.1. The molecule has 2 saturated heterocycles. The highest BCUT2D eigenvalue weighted by Crippen LogP contribution is 2.48. The van der Waals surface area contributed by atoms with Gasteiger partial charge in [-0.3, -0.25) is 4.79 Å². The number of hydrogen-bond acceptors (Lipinski definition) is 3. The lowest BCUT2D eigenvalue weighted by Crippen LogP contribution is -2.78. The second-order valence-electron chi connectivity index (χ2n) is 5.81. The van der Waals surface area contributed by atoms with E-state index in [-0.39, 0.29) is 18.1 Å². The summed E-state index contributed by atoms with van der Waals surface area (Å²) in [6.07, 6.45) is 4.87. The Morgan fingerprint density at radius 2 is 2.00 bits per heavy atom. The van der Waals surface area contributed by atoms with Gasteiger partial charge in [0, 0.05) is 13.0 Å². The van der Waals surface area contributed by atoms with E-state index in [1.54, 1.807) is 23.1 Å². The highest BCUT2D eigenvalue weighted by molar-refractivity contribution is 5.91. The predicted molar refractivity (Wildman–Crippen MR) is 89.2 cm³/mol.